The highest BCUT2D eigenvalue weighted by molar-refractivity contribution is 7.99. The minimum Gasteiger partial charge on any atom is -0.497 e. The third-order valence-corrected chi connectivity index (χ3v) is 4.87. The molecule has 0 saturated heterocycles. The van der Waals surface area contributed by atoms with E-state index in [1.807, 2.05) is 61.5 Å². The number of ether oxygens (including phenoxy) is 1. The molecule has 0 unspecified atom stereocenters. The van der Waals surface area contributed by atoms with Crippen molar-refractivity contribution in [1.82, 2.24) is 30.4 Å². The Bertz CT molecular complexity index is 1020. The van der Waals surface area contributed by atoms with Gasteiger partial charge in [-0.1, -0.05) is 30.0 Å². The van der Waals surface area contributed by atoms with Crippen molar-refractivity contribution in [3.8, 4) is 22.9 Å². The summed E-state index contributed by atoms with van der Waals surface area (Å²) in [6.45, 7) is 1.97. The Morgan fingerprint density at radius 3 is 2.52 bits per heavy atom. The summed E-state index contributed by atoms with van der Waals surface area (Å²) in [7, 11) is 1.63. The highest BCUT2D eigenvalue weighted by atomic mass is 32.2. The maximum Gasteiger partial charge on any atom is 0.247 e. The molecule has 4 rings (SSSR count). The first-order valence-electron chi connectivity index (χ1n) is 8.23. The summed E-state index contributed by atoms with van der Waals surface area (Å²) >= 11 is 1.44. The van der Waals surface area contributed by atoms with Crippen LogP contribution in [0.1, 0.15) is 18.1 Å². The highest BCUT2D eigenvalue weighted by Crippen LogP contribution is 2.34. The van der Waals surface area contributed by atoms with Crippen LogP contribution in [0.15, 0.2) is 64.2 Å². The standard InChI is InChI=1S/C18H16N6O2S/c1-12(16-19-20-17(26-16)13-6-4-3-5-7-13)27-18-21-22-23-24(18)14-8-10-15(25-2)11-9-14/h3-12H,1-2H3/t12-/m1/s1. The molecule has 0 aliphatic heterocycles. The van der Waals surface area contributed by atoms with Crippen LogP contribution in [0.25, 0.3) is 17.1 Å². The summed E-state index contributed by atoms with van der Waals surface area (Å²) in [5.74, 6) is 1.78. The molecule has 8 nitrogen and oxygen atoms in total. The Morgan fingerprint density at radius 1 is 1.00 bits per heavy atom. The van der Waals surface area contributed by atoms with Gasteiger partial charge in [-0.2, -0.15) is 4.68 Å². The predicted octanol–water partition coefficient (Wildman–Crippen LogP) is 3.57. The Hall–Kier alpha value is -3.20. The van der Waals surface area contributed by atoms with E-state index in [2.05, 4.69) is 25.7 Å². The third-order valence-electron chi connectivity index (χ3n) is 3.85. The number of hydrogen-bond donors (Lipinski definition) is 0. The molecule has 2 aromatic carbocycles. The van der Waals surface area contributed by atoms with E-state index < -0.39 is 0 Å². The molecule has 0 N–H and O–H groups in total. The third kappa shape index (κ3) is 3.68. The van der Waals surface area contributed by atoms with Crippen molar-refractivity contribution >= 4 is 11.8 Å². The molecule has 136 valence electrons. The van der Waals surface area contributed by atoms with E-state index in [4.69, 9.17) is 9.15 Å². The van der Waals surface area contributed by atoms with Crippen molar-refractivity contribution in [2.24, 2.45) is 0 Å². The molecule has 0 spiro atoms. The Morgan fingerprint density at radius 2 is 1.78 bits per heavy atom. The van der Waals surface area contributed by atoms with Crippen molar-refractivity contribution in [3.05, 3.63) is 60.5 Å². The van der Waals surface area contributed by atoms with Crippen molar-refractivity contribution in [2.75, 3.05) is 7.11 Å². The smallest absolute Gasteiger partial charge is 0.247 e. The van der Waals surface area contributed by atoms with E-state index in [-0.39, 0.29) is 5.25 Å². The monoisotopic (exact) mass is 380 g/mol. The predicted molar refractivity (Wildman–Crippen MR) is 99.7 cm³/mol. The first-order chi connectivity index (χ1) is 13.2. The Kier molecular flexibility index (Phi) is 4.84. The van der Waals surface area contributed by atoms with Gasteiger partial charge in [0, 0.05) is 5.56 Å². The van der Waals surface area contributed by atoms with Gasteiger partial charge in [0.2, 0.25) is 16.9 Å². The maximum absolute atomic E-state index is 5.82. The fraction of sp³-hybridized carbons (Fsp3) is 0.167. The molecule has 1 atom stereocenters. The van der Waals surface area contributed by atoms with Gasteiger partial charge in [0.05, 0.1) is 18.0 Å². The first-order valence-corrected chi connectivity index (χ1v) is 9.11. The van der Waals surface area contributed by atoms with Crippen LogP contribution in [-0.4, -0.2) is 37.5 Å². The Balaban J connectivity index is 1.53. The van der Waals surface area contributed by atoms with Gasteiger partial charge in [0.15, 0.2) is 0 Å². The van der Waals surface area contributed by atoms with Crippen LogP contribution < -0.4 is 4.74 Å². The molecular weight excluding hydrogens is 364 g/mol. The highest BCUT2D eigenvalue weighted by Gasteiger charge is 2.20. The quantitative estimate of drug-likeness (QED) is 0.469. The average molecular weight is 380 g/mol. The van der Waals surface area contributed by atoms with Gasteiger partial charge in [-0.3, -0.25) is 0 Å². The van der Waals surface area contributed by atoms with E-state index in [0.29, 0.717) is 16.9 Å². The van der Waals surface area contributed by atoms with Gasteiger partial charge in [0.25, 0.3) is 0 Å². The molecule has 0 aliphatic rings. The number of hydrogen-bond acceptors (Lipinski definition) is 8. The number of rotatable bonds is 6. The molecule has 9 heteroatoms. The lowest BCUT2D eigenvalue weighted by Crippen LogP contribution is -2.00. The van der Waals surface area contributed by atoms with Gasteiger partial charge in [0.1, 0.15) is 5.75 Å². The van der Waals surface area contributed by atoms with E-state index in [0.717, 1.165) is 17.0 Å². The zero-order valence-electron chi connectivity index (χ0n) is 14.7. The molecule has 2 heterocycles. The number of methoxy groups -OCH3 is 1. The molecular formula is C18H16N6O2S. The second kappa shape index (κ2) is 7.58. The van der Waals surface area contributed by atoms with Crippen LogP contribution in [0.5, 0.6) is 5.75 Å². The van der Waals surface area contributed by atoms with Crippen molar-refractivity contribution in [1.29, 1.82) is 0 Å². The van der Waals surface area contributed by atoms with Crippen LogP contribution in [0.2, 0.25) is 0 Å². The molecule has 0 radical (unpaired) electrons. The lowest BCUT2D eigenvalue weighted by atomic mass is 10.2. The van der Waals surface area contributed by atoms with Crippen molar-refractivity contribution in [3.63, 3.8) is 0 Å². The van der Waals surface area contributed by atoms with Crippen LogP contribution in [0.4, 0.5) is 0 Å². The van der Waals surface area contributed by atoms with E-state index >= 15 is 0 Å². The number of thioether (sulfide) groups is 1. The lowest BCUT2D eigenvalue weighted by molar-refractivity contribution is 0.414. The summed E-state index contributed by atoms with van der Waals surface area (Å²) in [6, 6.07) is 17.2. The number of benzene rings is 2. The molecule has 2 aromatic heterocycles. The molecule has 0 bridgehead atoms. The van der Waals surface area contributed by atoms with E-state index in [1.165, 1.54) is 11.8 Å². The maximum atomic E-state index is 5.82. The molecule has 0 fully saturated rings. The van der Waals surface area contributed by atoms with Crippen molar-refractivity contribution < 1.29 is 9.15 Å². The topological polar surface area (TPSA) is 91.8 Å². The molecule has 4 aromatic rings. The summed E-state index contributed by atoms with van der Waals surface area (Å²) in [4.78, 5) is 0. The fourth-order valence-corrected chi connectivity index (χ4v) is 3.28. The zero-order chi connectivity index (χ0) is 18.6. The second-order valence-corrected chi connectivity index (χ2v) is 6.95. The molecule has 0 aliphatic carbocycles. The number of tetrazole rings is 1. The van der Waals surface area contributed by atoms with Gasteiger partial charge in [-0.05, 0) is 53.7 Å². The number of aromatic nitrogens is 6. The summed E-state index contributed by atoms with van der Waals surface area (Å²) in [6.07, 6.45) is 0. The van der Waals surface area contributed by atoms with Gasteiger partial charge >= 0.3 is 0 Å². The number of nitrogens with zero attached hydrogens (tertiary/aromatic N) is 6. The van der Waals surface area contributed by atoms with E-state index in [9.17, 15) is 0 Å². The Labute approximate surface area is 159 Å². The largest absolute Gasteiger partial charge is 0.497 e. The normalized spacial score (nSPS) is 12.1. The van der Waals surface area contributed by atoms with Crippen LogP contribution in [0, 0.1) is 0 Å². The first kappa shape index (κ1) is 17.2. The van der Waals surface area contributed by atoms with Crippen molar-refractivity contribution in [2.45, 2.75) is 17.3 Å². The van der Waals surface area contributed by atoms with E-state index in [1.54, 1.807) is 11.8 Å². The van der Waals surface area contributed by atoms with Crippen LogP contribution in [-0.2, 0) is 0 Å². The lowest BCUT2D eigenvalue weighted by Gasteiger charge is -2.08. The summed E-state index contributed by atoms with van der Waals surface area (Å²) < 4.78 is 12.7. The molecule has 27 heavy (non-hydrogen) atoms. The minimum atomic E-state index is -0.113. The summed E-state index contributed by atoms with van der Waals surface area (Å²) in [5.41, 5.74) is 1.72. The van der Waals surface area contributed by atoms with Gasteiger partial charge in [-0.25, -0.2) is 0 Å². The van der Waals surface area contributed by atoms with Crippen LogP contribution >= 0.6 is 11.8 Å². The van der Waals surface area contributed by atoms with Gasteiger partial charge in [-0.15, -0.1) is 15.3 Å². The zero-order valence-corrected chi connectivity index (χ0v) is 15.5. The second-order valence-electron chi connectivity index (χ2n) is 5.64. The molecule has 0 amide bonds. The SMILES string of the molecule is COc1ccc(-n2nnnc2S[C@H](C)c2nnc(-c3ccccc3)o2)cc1. The summed E-state index contributed by atoms with van der Waals surface area (Å²) in [5, 5.41) is 20.8. The fourth-order valence-electron chi connectivity index (χ4n) is 2.44. The minimum absolute atomic E-state index is 0.113. The average Bonchev–Trinajstić information content (AvgIpc) is 3.38. The van der Waals surface area contributed by atoms with Crippen LogP contribution in [0.3, 0.4) is 0 Å². The van der Waals surface area contributed by atoms with Gasteiger partial charge < -0.3 is 9.15 Å². The molecule has 0 saturated carbocycles.